The van der Waals surface area contributed by atoms with Crippen molar-refractivity contribution in [2.75, 3.05) is 32.1 Å². The van der Waals surface area contributed by atoms with Gasteiger partial charge in [-0.05, 0) is 81.1 Å². The van der Waals surface area contributed by atoms with Crippen LogP contribution in [-0.4, -0.2) is 109 Å². The molecule has 1 saturated carbocycles. The van der Waals surface area contributed by atoms with Crippen molar-refractivity contribution in [2.24, 2.45) is 5.92 Å². The number of nitrogens with one attached hydrogen (secondary N) is 5. The van der Waals surface area contributed by atoms with Gasteiger partial charge in [-0.1, -0.05) is 12.7 Å². The van der Waals surface area contributed by atoms with Crippen molar-refractivity contribution < 1.29 is 57.9 Å². The Labute approximate surface area is 333 Å². The van der Waals surface area contributed by atoms with Crippen LogP contribution in [0.5, 0.6) is 5.75 Å². The van der Waals surface area contributed by atoms with E-state index in [1.807, 2.05) is 0 Å². The fourth-order valence-electron chi connectivity index (χ4n) is 5.77. The Kier molecular flexibility index (Phi) is 14.1. The summed E-state index contributed by atoms with van der Waals surface area (Å²) in [5, 5.41) is 38.6. The lowest BCUT2D eigenvalue weighted by Crippen LogP contribution is -2.40. The minimum Gasteiger partial charge on any atom is -0.496 e. The summed E-state index contributed by atoms with van der Waals surface area (Å²) in [6.07, 6.45) is -2.55. The first kappa shape index (κ1) is 42.8. The largest absolute Gasteiger partial charge is 0.511 e. The maximum Gasteiger partial charge on any atom is 0.511 e. The van der Waals surface area contributed by atoms with Crippen molar-refractivity contribution in [1.82, 2.24) is 20.9 Å². The van der Waals surface area contributed by atoms with E-state index in [4.69, 9.17) is 29.1 Å². The molecule has 7 N–H and O–H groups in total. The number of rotatable bonds is 15. The summed E-state index contributed by atoms with van der Waals surface area (Å²) in [5.41, 5.74) is 0.826. The predicted octanol–water partition coefficient (Wildman–Crippen LogP) is 3.60. The van der Waals surface area contributed by atoms with E-state index < -0.39 is 60.7 Å². The number of pyridine rings is 1. The number of amides is 3. The summed E-state index contributed by atoms with van der Waals surface area (Å²) in [5.74, 6) is -1.88. The molecule has 58 heavy (non-hydrogen) atoms. The molecular formula is C40H46N6O12. The maximum atomic E-state index is 14.1. The number of carbonyl (C=O) groups excluding carboxylic acids is 5. The molecule has 308 valence electrons. The average Bonchev–Trinajstić information content (AvgIpc) is 3.97. The molecule has 0 bridgehead atoms. The van der Waals surface area contributed by atoms with Gasteiger partial charge < -0.3 is 49.8 Å². The van der Waals surface area contributed by atoms with Gasteiger partial charge in [-0.15, -0.1) is 0 Å². The molecule has 3 aromatic rings. The molecule has 18 heteroatoms. The summed E-state index contributed by atoms with van der Waals surface area (Å²) < 4.78 is 26.1. The highest BCUT2D eigenvalue weighted by atomic mass is 16.8. The molecule has 5 rings (SSSR count). The lowest BCUT2D eigenvalue weighted by atomic mass is 9.94. The highest BCUT2D eigenvalue weighted by Gasteiger charge is 2.34. The Hall–Kier alpha value is -6.37. The van der Waals surface area contributed by atoms with E-state index >= 15 is 0 Å². The molecule has 0 spiro atoms. The third-order valence-electron chi connectivity index (χ3n) is 9.01. The Morgan fingerprint density at radius 1 is 0.983 bits per heavy atom. The molecule has 18 nitrogen and oxygen atoms in total. The number of nitrogens with zero attached hydrogens (tertiary/aromatic N) is 1. The second-order valence-corrected chi connectivity index (χ2v) is 13.8. The van der Waals surface area contributed by atoms with E-state index in [0.29, 0.717) is 29.5 Å². The van der Waals surface area contributed by atoms with E-state index in [-0.39, 0.29) is 52.6 Å². The number of hydrogen-bond acceptors (Lipinski definition) is 15. The van der Waals surface area contributed by atoms with Crippen LogP contribution in [0, 0.1) is 11.3 Å². The Balaban J connectivity index is 1.39. The zero-order chi connectivity index (χ0) is 42.1. The van der Waals surface area contributed by atoms with Crippen LogP contribution >= 0.6 is 0 Å². The zero-order valence-electron chi connectivity index (χ0n) is 32.3. The van der Waals surface area contributed by atoms with Crippen LogP contribution in [0.2, 0.25) is 0 Å². The quantitative estimate of drug-likeness (QED) is 0.0381. The topological polar surface area (TPSA) is 257 Å². The van der Waals surface area contributed by atoms with Crippen LogP contribution in [0.25, 0.3) is 17.2 Å². The fourth-order valence-corrected chi connectivity index (χ4v) is 5.77. The van der Waals surface area contributed by atoms with E-state index in [1.54, 1.807) is 13.8 Å². The molecule has 1 saturated heterocycles. The molecule has 1 unspecified atom stereocenters. The van der Waals surface area contributed by atoms with E-state index in [1.165, 1.54) is 68.6 Å². The van der Waals surface area contributed by atoms with E-state index in [0.717, 1.165) is 12.8 Å². The number of anilines is 1. The number of aliphatic hydroxyl groups is 2. The van der Waals surface area contributed by atoms with Gasteiger partial charge in [0.25, 0.3) is 11.8 Å². The smallest absolute Gasteiger partial charge is 0.496 e. The van der Waals surface area contributed by atoms with E-state index in [9.17, 15) is 34.2 Å². The van der Waals surface area contributed by atoms with Gasteiger partial charge in [-0.25, -0.2) is 19.4 Å². The summed E-state index contributed by atoms with van der Waals surface area (Å²) >= 11 is 0. The predicted molar refractivity (Wildman–Crippen MR) is 208 cm³/mol. The van der Waals surface area contributed by atoms with Crippen molar-refractivity contribution in [3.63, 3.8) is 0 Å². The second kappa shape index (κ2) is 19.2. The number of aliphatic hydroxyl groups excluding tert-OH is 2. The van der Waals surface area contributed by atoms with Crippen molar-refractivity contribution >= 4 is 47.6 Å². The van der Waals surface area contributed by atoms with Gasteiger partial charge in [0.2, 0.25) is 6.29 Å². The molecule has 1 aliphatic heterocycles. The molecule has 1 aromatic heterocycles. The monoisotopic (exact) mass is 802 g/mol. The maximum absolute atomic E-state index is 14.1. The lowest BCUT2D eigenvalue weighted by Gasteiger charge is -2.19. The number of amidine groups is 1. The number of carbonyl (C=O) groups is 5. The van der Waals surface area contributed by atoms with Crippen molar-refractivity contribution in [1.29, 1.82) is 5.41 Å². The van der Waals surface area contributed by atoms with Gasteiger partial charge in [-0.2, -0.15) is 0 Å². The van der Waals surface area contributed by atoms with Crippen LogP contribution in [0.3, 0.4) is 0 Å². The second-order valence-electron chi connectivity index (χ2n) is 13.8. The van der Waals surface area contributed by atoms with E-state index in [2.05, 4.69) is 32.8 Å². The molecule has 3 amide bonds. The third kappa shape index (κ3) is 11.1. The first-order valence-electron chi connectivity index (χ1n) is 18.4. The van der Waals surface area contributed by atoms with Crippen molar-refractivity contribution in [3.05, 3.63) is 83.2 Å². The number of benzene rings is 2. The third-order valence-corrected chi connectivity index (χ3v) is 9.01. The average molecular weight is 803 g/mol. The summed E-state index contributed by atoms with van der Waals surface area (Å²) in [6, 6.07) is 11.1. The first-order chi connectivity index (χ1) is 27.7. The number of methoxy groups -OCH3 is 1. The minimum atomic E-state index is -1.43. The molecule has 2 aliphatic rings. The van der Waals surface area contributed by atoms with Crippen molar-refractivity contribution in [2.45, 2.75) is 64.3 Å². The molecule has 1 aliphatic carbocycles. The Morgan fingerprint density at radius 2 is 1.71 bits per heavy atom. The Bertz CT molecular complexity index is 2050. The van der Waals surface area contributed by atoms with Crippen LogP contribution in [-0.2, 0) is 18.9 Å². The van der Waals surface area contributed by atoms with Crippen LogP contribution in [0.1, 0.15) is 76.1 Å². The fraction of sp³-hybridized carbons (Fsp3) is 0.375. The van der Waals surface area contributed by atoms with Gasteiger partial charge in [0, 0.05) is 53.5 Å². The summed E-state index contributed by atoms with van der Waals surface area (Å²) in [7, 11) is 1.41. The normalized spacial score (nSPS) is 17.7. The number of esters is 1. The molecule has 2 fully saturated rings. The SMILES string of the molecule is C=Cc1cc(C(=O)Nc2ccc(C(=N)NC(=O)OC[C@H]3NC[C@H](O)[C@@H]3O)cc2)c(-c2ccc(C(=O)NCC3CC3)nc2C(=O)OC(C)OC(=O)OC(C)C)cc1OC. The Morgan fingerprint density at radius 3 is 2.33 bits per heavy atom. The molecular weight excluding hydrogens is 756 g/mol. The van der Waals surface area contributed by atoms with Crippen molar-refractivity contribution in [3.8, 4) is 16.9 Å². The van der Waals surface area contributed by atoms with Gasteiger partial charge in [0.05, 0.1) is 31.5 Å². The van der Waals surface area contributed by atoms with Crippen LogP contribution in [0.4, 0.5) is 15.3 Å². The molecule has 4 atom stereocenters. The number of alkyl carbamates (subject to hydrolysis) is 1. The number of aromatic nitrogens is 1. The van der Waals surface area contributed by atoms with Gasteiger partial charge in [0.1, 0.15) is 23.9 Å². The summed E-state index contributed by atoms with van der Waals surface area (Å²) in [4.78, 5) is 69.7. The van der Waals surface area contributed by atoms with Crippen LogP contribution < -0.4 is 26.0 Å². The highest BCUT2D eigenvalue weighted by molar-refractivity contribution is 6.11. The van der Waals surface area contributed by atoms with Gasteiger partial charge in [0.15, 0.2) is 5.69 Å². The molecule has 2 heterocycles. The van der Waals surface area contributed by atoms with Gasteiger partial charge >= 0.3 is 18.2 Å². The summed E-state index contributed by atoms with van der Waals surface area (Å²) in [6.45, 7) is 8.72. The number of β-amino-alcohol motifs (C(OH)–C–C–N with tert-alkyl or cyclic N) is 1. The molecule has 2 aromatic carbocycles. The standard InChI is InChI=1S/C40H46N6O12/c1-6-23-15-28(36(49)44-25-11-9-24(10-12-25)35(41)46-39(52)55-19-30-34(48)31(47)18-42-30)27(16-32(23)54-5)26-13-14-29(37(50)43-17-22-7-8-22)45-33(26)38(51)57-21(4)58-40(53)56-20(2)3/h6,9-16,20-22,30-31,34,42,47-48H,1,7-8,17-19H2,2-5H3,(H,43,50)(H,44,49)(H2,41,46,52)/t21?,30-,31+,34-/m1/s1. The lowest BCUT2D eigenvalue weighted by molar-refractivity contribution is -0.0868. The minimum absolute atomic E-state index is 0.0397. The van der Waals surface area contributed by atoms with Crippen LogP contribution in [0.15, 0.2) is 55.1 Å². The number of ether oxygens (including phenoxy) is 5. The highest BCUT2D eigenvalue weighted by Crippen LogP contribution is 2.35. The zero-order valence-corrected chi connectivity index (χ0v) is 32.3. The molecule has 0 radical (unpaired) electrons. The first-order valence-corrected chi connectivity index (χ1v) is 18.4. The number of hydrogen-bond donors (Lipinski definition) is 7. The van der Waals surface area contributed by atoms with Gasteiger partial charge in [-0.3, -0.25) is 20.3 Å².